The second kappa shape index (κ2) is 5.73. The Bertz CT molecular complexity index is 556. The minimum absolute atomic E-state index is 0.206. The van der Waals surface area contributed by atoms with E-state index in [1.807, 2.05) is 6.20 Å². The molecule has 0 aliphatic carbocycles. The molecular formula is C15H21FN4+2. The van der Waals surface area contributed by atoms with Gasteiger partial charge in [-0.2, -0.15) is 5.10 Å². The van der Waals surface area contributed by atoms with Crippen molar-refractivity contribution < 1.29 is 14.2 Å². The van der Waals surface area contributed by atoms with Crippen molar-refractivity contribution in [3.8, 4) is 11.3 Å². The van der Waals surface area contributed by atoms with Gasteiger partial charge in [0.2, 0.25) is 0 Å². The van der Waals surface area contributed by atoms with Crippen molar-refractivity contribution in [3.63, 3.8) is 0 Å². The van der Waals surface area contributed by atoms with Crippen molar-refractivity contribution in [3.05, 3.63) is 41.8 Å². The smallest absolute Gasteiger partial charge is 0.127 e. The number of nitrogens with one attached hydrogen (secondary N) is 3. The molecule has 4 nitrogen and oxygen atoms in total. The molecule has 1 aliphatic rings. The third kappa shape index (κ3) is 2.89. The van der Waals surface area contributed by atoms with Crippen LogP contribution >= 0.6 is 0 Å². The van der Waals surface area contributed by atoms with E-state index < -0.39 is 0 Å². The van der Waals surface area contributed by atoms with Crippen LogP contribution in [0.3, 0.4) is 0 Å². The van der Waals surface area contributed by atoms with Crippen molar-refractivity contribution in [2.24, 2.45) is 0 Å². The molecule has 3 N–H and O–H groups in total. The molecule has 106 valence electrons. The topological polar surface area (TPSA) is 37.6 Å². The average molecular weight is 276 g/mol. The highest BCUT2D eigenvalue weighted by Crippen LogP contribution is 2.20. The number of benzene rings is 1. The number of hydrogen-bond donors (Lipinski definition) is 3. The lowest BCUT2D eigenvalue weighted by molar-refractivity contribution is -1.01. The van der Waals surface area contributed by atoms with E-state index in [1.165, 1.54) is 43.9 Å². The number of quaternary nitrogens is 2. The Morgan fingerprint density at radius 2 is 1.85 bits per heavy atom. The highest BCUT2D eigenvalue weighted by Gasteiger charge is 2.21. The Hall–Kier alpha value is -1.72. The number of nitrogens with zero attached hydrogens (tertiary/aromatic N) is 1. The molecule has 1 aliphatic heterocycles. The van der Waals surface area contributed by atoms with Crippen LogP contribution in [0.1, 0.15) is 5.56 Å². The summed E-state index contributed by atoms with van der Waals surface area (Å²) < 4.78 is 13.0. The third-order valence-electron chi connectivity index (χ3n) is 4.10. The zero-order valence-corrected chi connectivity index (χ0v) is 11.7. The van der Waals surface area contributed by atoms with Gasteiger partial charge in [0.25, 0.3) is 0 Å². The predicted octanol–water partition coefficient (Wildman–Crippen LogP) is -0.871. The zero-order chi connectivity index (χ0) is 13.9. The van der Waals surface area contributed by atoms with Gasteiger partial charge in [-0.25, -0.2) is 4.39 Å². The van der Waals surface area contributed by atoms with Gasteiger partial charge in [-0.3, -0.25) is 5.10 Å². The highest BCUT2D eigenvalue weighted by atomic mass is 19.1. The second-order valence-electron chi connectivity index (χ2n) is 5.66. The van der Waals surface area contributed by atoms with Crippen molar-refractivity contribution in [2.45, 2.75) is 6.54 Å². The number of rotatable bonds is 3. The zero-order valence-electron chi connectivity index (χ0n) is 11.7. The van der Waals surface area contributed by atoms with Crippen LogP contribution in [0.15, 0.2) is 30.5 Å². The first-order chi connectivity index (χ1) is 9.72. The summed E-state index contributed by atoms with van der Waals surface area (Å²) in [6.07, 6.45) is 1.90. The van der Waals surface area contributed by atoms with E-state index in [2.05, 4.69) is 17.2 Å². The lowest BCUT2D eigenvalue weighted by Crippen LogP contribution is -3.26. The second-order valence-corrected chi connectivity index (χ2v) is 5.66. The summed E-state index contributed by atoms with van der Waals surface area (Å²) in [6.45, 7) is 5.81. The Balaban J connectivity index is 1.75. The lowest BCUT2D eigenvalue weighted by Gasteiger charge is -2.27. The number of piperazine rings is 1. The standard InChI is InChI=1S/C15H19FN4/c1-19-6-8-20(9-7-19)11-13-10-17-18-15(13)12-2-4-14(16)5-3-12/h2-5,10H,6-9,11H2,1H3,(H,17,18)/p+2. The molecular weight excluding hydrogens is 255 g/mol. The molecule has 0 unspecified atom stereocenters. The molecule has 0 radical (unpaired) electrons. The Morgan fingerprint density at radius 3 is 2.55 bits per heavy atom. The summed E-state index contributed by atoms with van der Waals surface area (Å²) in [4.78, 5) is 3.21. The third-order valence-corrected chi connectivity index (χ3v) is 4.10. The molecule has 0 bridgehead atoms. The molecule has 1 fully saturated rings. The molecule has 0 saturated carbocycles. The van der Waals surface area contributed by atoms with Crippen LogP contribution in [0.2, 0.25) is 0 Å². The van der Waals surface area contributed by atoms with Crippen molar-refractivity contribution >= 4 is 0 Å². The average Bonchev–Trinajstić information content (AvgIpc) is 2.90. The van der Waals surface area contributed by atoms with Crippen LogP contribution in [0, 0.1) is 5.82 Å². The van der Waals surface area contributed by atoms with Gasteiger partial charge < -0.3 is 9.80 Å². The van der Waals surface area contributed by atoms with Gasteiger partial charge >= 0.3 is 0 Å². The van der Waals surface area contributed by atoms with E-state index in [-0.39, 0.29) is 5.82 Å². The van der Waals surface area contributed by atoms with Gasteiger partial charge in [-0.15, -0.1) is 0 Å². The van der Waals surface area contributed by atoms with Gasteiger partial charge in [0.1, 0.15) is 38.5 Å². The van der Waals surface area contributed by atoms with Crippen LogP contribution in [-0.2, 0) is 6.54 Å². The fourth-order valence-corrected chi connectivity index (χ4v) is 2.79. The highest BCUT2D eigenvalue weighted by molar-refractivity contribution is 5.62. The summed E-state index contributed by atoms with van der Waals surface area (Å²) in [7, 11) is 2.25. The van der Waals surface area contributed by atoms with Crippen LogP contribution in [-0.4, -0.2) is 43.4 Å². The summed E-state index contributed by atoms with van der Waals surface area (Å²) in [5.41, 5.74) is 3.23. The van der Waals surface area contributed by atoms with Crippen LogP contribution in [0.25, 0.3) is 11.3 Å². The van der Waals surface area contributed by atoms with Crippen molar-refractivity contribution in [1.29, 1.82) is 0 Å². The first-order valence-corrected chi connectivity index (χ1v) is 7.15. The molecule has 0 amide bonds. The number of halogens is 1. The van der Waals surface area contributed by atoms with E-state index in [0.29, 0.717) is 0 Å². The van der Waals surface area contributed by atoms with Gasteiger partial charge in [-0.1, -0.05) is 0 Å². The van der Waals surface area contributed by atoms with Gasteiger partial charge in [0.05, 0.1) is 24.5 Å². The number of likely N-dealkylation sites (N-methyl/N-ethyl adjacent to an activating group) is 1. The molecule has 2 aromatic rings. The van der Waals surface area contributed by atoms with Gasteiger partial charge in [-0.05, 0) is 24.3 Å². The Morgan fingerprint density at radius 1 is 1.15 bits per heavy atom. The van der Waals surface area contributed by atoms with Crippen LogP contribution < -0.4 is 9.80 Å². The summed E-state index contributed by atoms with van der Waals surface area (Å²) in [5, 5.41) is 7.21. The van der Waals surface area contributed by atoms with Crippen LogP contribution in [0.4, 0.5) is 4.39 Å². The quantitative estimate of drug-likeness (QED) is 0.670. The number of H-pyrrole nitrogens is 1. The van der Waals surface area contributed by atoms with E-state index in [4.69, 9.17) is 0 Å². The molecule has 0 atom stereocenters. The minimum atomic E-state index is -0.206. The summed E-state index contributed by atoms with van der Waals surface area (Å²) >= 11 is 0. The molecule has 0 spiro atoms. The van der Waals surface area contributed by atoms with Crippen molar-refractivity contribution in [1.82, 2.24) is 10.2 Å². The van der Waals surface area contributed by atoms with Gasteiger partial charge in [0.15, 0.2) is 0 Å². The Labute approximate surface area is 118 Å². The number of aromatic amines is 1. The maximum Gasteiger partial charge on any atom is 0.127 e. The minimum Gasteiger partial charge on any atom is -0.328 e. The van der Waals surface area contributed by atoms with E-state index in [0.717, 1.165) is 17.8 Å². The van der Waals surface area contributed by atoms with E-state index >= 15 is 0 Å². The van der Waals surface area contributed by atoms with E-state index in [1.54, 1.807) is 21.9 Å². The predicted molar refractivity (Wildman–Crippen MR) is 75.0 cm³/mol. The maximum absolute atomic E-state index is 13.0. The SMILES string of the molecule is C[NH+]1CC[NH+](Cc2cn[nH]c2-c2ccc(F)cc2)CC1. The fourth-order valence-electron chi connectivity index (χ4n) is 2.79. The monoisotopic (exact) mass is 276 g/mol. The first-order valence-electron chi connectivity index (χ1n) is 7.15. The maximum atomic E-state index is 13.0. The summed E-state index contributed by atoms with van der Waals surface area (Å²) in [5.74, 6) is -0.206. The number of hydrogen-bond acceptors (Lipinski definition) is 1. The normalized spacial score (nSPS) is 22.9. The van der Waals surface area contributed by atoms with E-state index in [9.17, 15) is 4.39 Å². The molecule has 1 aromatic heterocycles. The molecule has 1 aromatic carbocycles. The first kappa shape index (κ1) is 13.3. The molecule has 1 saturated heterocycles. The molecule has 20 heavy (non-hydrogen) atoms. The fraction of sp³-hybridized carbons (Fsp3) is 0.400. The molecule has 3 rings (SSSR count). The summed E-state index contributed by atoms with van der Waals surface area (Å²) in [6, 6.07) is 6.59. The Kier molecular flexibility index (Phi) is 3.80. The molecule has 5 heteroatoms. The number of aromatic nitrogens is 2. The van der Waals surface area contributed by atoms with Gasteiger partial charge in [0, 0.05) is 5.56 Å². The largest absolute Gasteiger partial charge is 0.328 e. The van der Waals surface area contributed by atoms with Crippen LogP contribution in [0.5, 0.6) is 0 Å². The van der Waals surface area contributed by atoms with Crippen molar-refractivity contribution in [2.75, 3.05) is 33.2 Å². The lowest BCUT2D eigenvalue weighted by atomic mass is 10.1. The molecule has 2 heterocycles.